The fourth-order valence-corrected chi connectivity index (χ4v) is 3.32. The van der Waals surface area contributed by atoms with E-state index in [9.17, 15) is 14.6 Å². The van der Waals surface area contributed by atoms with Gasteiger partial charge < -0.3 is 15.5 Å². The van der Waals surface area contributed by atoms with Crippen LogP contribution >= 0.6 is 12.2 Å². The Balaban J connectivity index is 2.07. The number of aliphatic hydroxyl groups excluding tert-OH is 2. The molecule has 0 spiro atoms. The quantitative estimate of drug-likeness (QED) is 0.231. The van der Waals surface area contributed by atoms with Gasteiger partial charge in [-0.2, -0.15) is 4.57 Å². The Morgan fingerprint density at radius 2 is 1.83 bits per heavy atom. The number of benzene rings is 2. The average molecular weight is 424 g/mol. The second-order valence-corrected chi connectivity index (χ2v) is 7.35. The molecule has 6 heteroatoms. The largest absolute Gasteiger partial charge is 0.502 e. The van der Waals surface area contributed by atoms with Crippen molar-refractivity contribution < 1.29 is 19.2 Å². The zero-order valence-corrected chi connectivity index (χ0v) is 17.7. The van der Waals surface area contributed by atoms with Crippen molar-refractivity contribution in [1.82, 2.24) is 0 Å². The lowest BCUT2D eigenvalue weighted by molar-refractivity contribution is -0.576. The molecule has 2 aromatic carbocycles. The summed E-state index contributed by atoms with van der Waals surface area (Å²) in [5, 5.41) is 23.6. The van der Waals surface area contributed by atoms with Gasteiger partial charge in [-0.1, -0.05) is 49.5 Å². The molecule has 30 heavy (non-hydrogen) atoms. The van der Waals surface area contributed by atoms with Crippen LogP contribution in [0.1, 0.15) is 29.2 Å². The number of nitrogens with zero attached hydrogens (tertiary/aromatic N) is 1. The van der Waals surface area contributed by atoms with Gasteiger partial charge in [0.05, 0.1) is 6.61 Å². The number of nitrogens with one attached hydrogen (secondary N) is 1. The van der Waals surface area contributed by atoms with Crippen molar-refractivity contribution in [2.45, 2.75) is 26.9 Å². The second kappa shape index (κ2) is 9.61. The van der Waals surface area contributed by atoms with Gasteiger partial charge in [0.1, 0.15) is 5.82 Å². The van der Waals surface area contributed by atoms with Crippen LogP contribution in [0.2, 0.25) is 0 Å². The number of aromatic nitrogens is 1. The van der Waals surface area contributed by atoms with Gasteiger partial charge in [0.2, 0.25) is 0 Å². The van der Waals surface area contributed by atoms with E-state index < -0.39 is 0 Å². The maximum atomic E-state index is 14.0. The van der Waals surface area contributed by atoms with Gasteiger partial charge >= 0.3 is 0 Å². The minimum Gasteiger partial charge on any atom is -0.502 e. The van der Waals surface area contributed by atoms with Crippen LogP contribution in [0.3, 0.4) is 0 Å². The van der Waals surface area contributed by atoms with Crippen LogP contribution in [-0.2, 0) is 13.0 Å². The number of aliphatic hydroxyl groups is 2. The minimum atomic E-state index is -0.345. The highest BCUT2D eigenvalue weighted by atomic mass is 32.1. The van der Waals surface area contributed by atoms with E-state index in [4.69, 9.17) is 12.2 Å². The minimum absolute atomic E-state index is 0.0252. The van der Waals surface area contributed by atoms with E-state index in [0.29, 0.717) is 28.1 Å². The molecule has 1 aromatic heterocycles. The predicted octanol–water partition coefficient (Wildman–Crippen LogP) is 4.80. The first-order chi connectivity index (χ1) is 14.4. The molecule has 4 nitrogen and oxygen atoms in total. The van der Waals surface area contributed by atoms with Crippen molar-refractivity contribution in [3.63, 3.8) is 0 Å². The molecule has 0 saturated carbocycles. The molecule has 3 N–H and O–H groups in total. The fraction of sp³-hybridized carbons (Fsp3) is 0.167. The zero-order chi connectivity index (χ0) is 21.7. The fourth-order valence-electron chi connectivity index (χ4n) is 3.00. The number of anilines is 1. The smallest absolute Gasteiger partial charge is 0.288 e. The molecule has 1 heterocycles. The van der Waals surface area contributed by atoms with E-state index >= 15 is 0 Å². The Labute approximate surface area is 181 Å². The van der Waals surface area contributed by atoms with Crippen molar-refractivity contribution in [1.29, 1.82) is 0 Å². The highest BCUT2D eigenvalue weighted by Gasteiger charge is 2.24. The number of rotatable bonds is 6. The lowest BCUT2D eigenvalue weighted by atomic mass is 10.1. The summed E-state index contributed by atoms with van der Waals surface area (Å²) < 4.78 is 15.6. The molecule has 0 amide bonds. The molecule has 0 atom stereocenters. The first-order valence-electron chi connectivity index (χ1n) is 9.64. The van der Waals surface area contributed by atoms with Crippen molar-refractivity contribution in [2.24, 2.45) is 0 Å². The summed E-state index contributed by atoms with van der Waals surface area (Å²) >= 11 is 5.59. The van der Waals surface area contributed by atoms with Gasteiger partial charge in [0, 0.05) is 22.9 Å². The van der Waals surface area contributed by atoms with E-state index in [0.717, 1.165) is 12.0 Å². The number of aryl methyl sites for hydroxylation is 2. The van der Waals surface area contributed by atoms with Gasteiger partial charge in [-0.25, -0.2) is 4.39 Å². The lowest BCUT2D eigenvalue weighted by Crippen LogP contribution is -2.39. The van der Waals surface area contributed by atoms with Crippen LogP contribution < -0.4 is 9.88 Å². The molecule has 154 valence electrons. The lowest BCUT2D eigenvalue weighted by Gasteiger charge is -2.11. The maximum absolute atomic E-state index is 14.0. The summed E-state index contributed by atoms with van der Waals surface area (Å²) in [6.45, 7) is 3.60. The summed E-state index contributed by atoms with van der Waals surface area (Å²) in [4.78, 5) is 0.218. The second-order valence-electron chi connectivity index (χ2n) is 6.94. The van der Waals surface area contributed by atoms with Crippen molar-refractivity contribution >= 4 is 34.3 Å². The molecule has 3 rings (SSSR count). The molecule has 0 aliphatic rings. The number of halogens is 1. The molecular weight excluding hydrogens is 399 g/mol. The van der Waals surface area contributed by atoms with Crippen LogP contribution in [0, 0.1) is 12.7 Å². The standard InChI is InChI=1S/C24H23FN2O2S/c1-3-17-7-9-19(10-8-17)23(29)22(27-12-4-5-18(14-27)15-28)24(30)26-20-11-6-16(2)21(25)13-20/h4-14,28H,3,15H2,1-2H3,(H-,26,29,30)/p+1. The van der Waals surface area contributed by atoms with Crippen molar-refractivity contribution in [3.05, 3.63) is 95.1 Å². The van der Waals surface area contributed by atoms with E-state index in [2.05, 4.69) is 12.2 Å². The summed E-state index contributed by atoms with van der Waals surface area (Å²) in [6.07, 6.45) is 4.31. The first kappa shape index (κ1) is 21.6. The number of hydrogen-bond acceptors (Lipinski definition) is 3. The van der Waals surface area contributed by atoms with Crippen LogP contribution in [0.15, 0.2) is 67.0 Å². The maximum Gasteiger partial charge on any atom is 0.288 e. The van der Waals surface area contributed by atoms with E-state index in [1.807, 2.05) is 24.3 Å². The van der Waals surface area contributed by atoms with Crippen LogP contribution in [-0.4, -0.2) is 15.2 Å². The molecule has 0 bridgehead atoms. The van der Waals surface area contributed by atoms with Gasteiger partial charge in [0.25, 0.3) is 5.70 Å². The Morgan fingerprint density at radius 1 is 1.10 bits per heavy atom. The van der Waals surface area contributed by atoms with Gasteiger partial charge in [0.15, 0.2) is 23.1 Å². The first-order valence-corrected chi connectivity index (χ1v) is 10.0. The Hall–Kier alpha value is -3.09. The third kappa shape index (κ3) is 4.90. The summed E-state index contributed by atoms with van der Waals surface area (Å²) in [7, 11) is 0. The van der Waals surface area contributed by atoms with E-state index in [1.165, 1.54) is 6.07 Å². The van der Waals surface area contributed by atoms with Crippen LogP contribution in [0.5, 0.6) is 0 Å². The monoisotopic (exact) mass is 423 g/mol. The molecule has 0 fully saturated rings. The topological polar surface area (TPSA) is 56.4 Å². The van der Waals surface area contributed by atoms with Gasteiger partial charge in [-0.05, 0) is 42.7 Å². The van der Waals surface area contributed by atoms with E-state index in [1.54, 1.807) is 48.1 Å². The molecule has 0 saturated heterocycles. The van der Waals surface area contributed by atoms with Crippen LogP contribution in [0.25, 0.3) is 11.5 Å². The summed E-state index contributed by atoms with van der Waals surface area (Å²) in [5.41, 5.74) is 3.75. The van der Waals surface area contributed by atoms with Gasteiger partial charge in [-0.3, -0.25) is 0 Å². The highest BCUT2D eigenvalue weighted by molar-refractivity contribution is 7.81. The molecular formula is C24H24FN2O2S+. The van der Waals surface area contributed by atoms with Crippen molar-refractivity contribution in [2.75, 3.05) is 5.32 Å². The van der Waals surface area contributed by atoms with E-state index in [-0.39, 0.29) is 23.2 Å². The third-order valence-corrected chi connectivity index (χ3v) is 5.10. The molecule has 0 aliphatic carbocycles. The Bertz CT molecular complexity index is 1090. The Morgan fingerprint density at radius 3 is 2.47 bits per heavy atom. The highest BCUT2D eigenvalue weighted by Crippen LogP contribution is 2.21. The van der Waals surface area contributed by atoms with Gasteiger partial charge in [-0.15, -0.1) is 0 Å². The third-order valence-electron chi connectivity index (χ3n) is 4.81. The molecule has 0 radical (unpaired) electrons. The Kier molecular flexibility index (Phi) is 6.92. The number of thiocarbonyl (C=S) groups is 1. The summed E-state index contributed by atoms with van der Waals surface area (Å²) in [5.74, 6) is -0.370. The number of hydrogen-bond donors (Lipinski definition) is 3. The predicted molar refractivity (Wildman–Crippen MR) is 121 cm³/mol. The normalized spacial score (nSPS) is 11.7. The zero-order valence-electron chi connectivity index (χ0n) is 16.9. The SMILES string of the molecule is CCc1ccc(C(O)=C(C(=S)Nc2ccc(C)c(F)c2)[n+]2cccc(CO)c2)cc1. The van der Waals surface area contributed by atoms with Crippen LogP contribution in [0.4, 0.5) is 10.1 Å². The average Bonchev–Trinajstić information content (AvgIpc) is 2.76. The molecule has 3 aromatic rings. The van der Waals surface area contributed by atoms with Crippen molar-refractivity contribution in [3.8, 4) is 0 Å². The summed E-state index contributed by atoms with van der Waals surface area (Å²) in [6, 6.07) is 15.8. The molecule has 0 aliphatic heterocycles. The molecule has 0 unspecified atom stereocenters. The number of pyridine rings is 1.